The number of hydrogen-bond donors (Lipinski definition) is 2. The van der Waals surface area contributed by atoms with E-state index in [1.807, 2.05) is 13.0 Å². The fraction of sp³-hybridized carbons (Fsp3) is 0.222. The first-order valence-corrected chi connectivity index (χ1v) is 5.32. The Morgan fingerprint density at radius 3 is 2.86 bits per heavy atom. The molecular formula is C9H11BrClN3. The third-order valence-electron chi connectivity index (χ3n) is 1.64. The van der Waals surface area contributed by atoms with Gasteiger partial charge in [-0.1, -0.05) is 11.6 Å². The van der Waals surface area contributed by atoms with E-state index in [9.17, 15) is 0 Å². The molecule has 3 N–H and O–H groups in total. The highest BCUT2D eigenvalue weighted by atomic mass is 79.9. The van der Waals surface area contributed by atoms with Gasteiger partial charge in [0.05, 0.1) is 0 Å². The molecule has 14 heavy (non-hydrogen) atoms. The van der Waals surface area contributed by atoms with Crippen molar-refractivity contribution in [1.82, 2.24) is 5.43 Å². The van der Waals surface area contributed by atoms with Gasteiger partial charge in [0, 0.05) is 21.6 Å². The van der Waals surface area contributed by atoms with Gasteiger partial charge in [-0.3, -0.25) is 4.99 Å². The monoisotopic (exact) mass is 275 g/mol. The number of hydrogen-bond acceptors (Lipinski definition) is 2. The van der Waals surface area contributed by atoms with E-state index >= 15 is 0 Å². The fourth-order valence-electron chi connectivity index (χ4n) is 1.05. The zero-order valence-electron chi connectivity index (χ0n) is 7.72. The Morgan fingerprint density at radius 2 is 2.36 bits per heavy atom. The lowest BCUT2D eigenvalue weighted by atomic mass is 10.2. The molecule has 1 aromatic carbocycles. The van der Waals surface area contributed by atoms with Gasteiger partial charge >= 0.3 is 0 Å². The van der Waals surface area contributed by atoms with Crippen molar-refractivity contribution in [3.05, 3.63) is 33.3 Å². The first kappa shape index (κ1) is 11.5. The van der Waals surface area contributed by atoms with E-state index in [0.29, 0.717) is 17.4 Å². The number of nitrogens with one attached hydrogen (secondary N) is 1. The summed E-state index contributed by atoms with van der Waals surface area (Å²) >= 11 is 9.22. The summed E-state index contributed by atoms with van der Waals surface area (Å²) in [7, 11) is 0. The highest BCUT2D eigenvalue weighted by Gasteiger charge is 2.06. The molecule has 0 unspecified atom stereocenters. The largest absolute Gasteiger partial charge is 0.308 e. The van der Waals surface area contributed by atoms with Gasteiger partial charge in [0.1, 0.15) is 5.84 Å². The van der Waals surface area contributed by atoms with Crippen LogP contribution in [0.5, 0.6) is 0 Å². The Balaban J connectivity index is 3.11. The molecule has 0 bridgehead atoms. The lowest BCUT2D eigenvalue weighted by Gasteiger charge is -2.07. The maximum Gasteiger partial charge on any atom is 0.143 e. The van der Waals surface area contributed by atoms with Crippen LogP contribution in [-0.2, 0) is 0 Å². The minimum atomic E-state index is 0.649. The van der Waals surface area contributed by atoms with Gasteiger partial charge in [0.2, 0.25) is 0 Å². The van der Waals surface area contributed by atoms with Gasteiger partial charge in [-0.2, -0.15) is 0 Å². The lowest BCUT2D eigenvalue weighted by Crippen LogP contribution is -2.31. The highest BCUT2D eigenvalue weighted by molar-refractivity contribution is 9.10. The normalized spacial score (nSPS) is 11.6. The molecule has 0 aromatic heterocycles. The van der Waals surface area contributed by atoms with Crippen LogP contribution in [0.4, 0.5) is 0 Å². The molecule has 0 radical (unpaired) electrons. The number of rotatable bonds is 2. The average Bonchev–Trinajstić information content (AvgIpc) is 2.15. The van der Waals surface area contributed by atoms with Crippen molar-refractivity contribution in [3.8, 4) is 0 Å². The zero-order valence-corrected chi connectivity index (χ0v) is 10.1. The highest BCUT2D eigenvalue weighted by Crippen LogP contribution is 2.21. The van der Waals surface area contributed by atoms with Gasteiger partial charge in [0.15, 0.2) is 0 Å². The molecule has 0 saturated heterocycles. The molecule has 0 aliphatic carbocycles. The minimum Gasteiger partial charge on any atom is -0.308 e. The van der Waals surface area contributed by atoms with E-state index in [1.54, 1.807) is 12.1 Å². The predicted octanol–water partition coefficient (Wildman–Crippen LogP) is 2.33. The van der Waals surface area contributed by atoms with E-state index in [1.165, 1.54) is 0 Å². The van der Waals surface area contributed by atoms with Crippen LogP contribution in [-0.4, -0.2) is 12.4 Å². The van der Waals surface area contributed by atoms with Gasteiger partial charge in [-0.25, -0.2) is 5.84 Å². The van der Waals surface area contributed by atoms with Gasteiger partial charge < -0.3 is 5.43 Å². The van der Waals surface area contributed by atoms with Crippen LogP contribution in [0.25, 0.3) is 0 Å². The van der Waals surface area contributed by atoms with Crippen LogP contribution in [0.1, 0.15) is 12.5 Å². The molecule has 0 amide bonds. The second kappa shape index (κ2) is 5.34. The number of benzene rings is 1. The Morgan fingerprint density at radius 1 is 1.64 bits per heavy atom. The first-order chi connectivity index (χ1) is 6.69. The number of nitrogens with zero attached hydrogens (tertiary/aromatic N) is 1. The van der Waals surface area contributed by atoms with Gasteiger partial charge in [0.25, 0.3) is 0 Å². The second-order valence-electron chi connectivity index (χ2n) is 2.59. The van der Waals surface area contributed by atoms with Crippen molar-refractivity contribution in [2.75, 3.05) is 6.54 Å². The van der Waals surface area contributed by atoms with Crippen molar-refractivity contribution in [1.29, 1.82) is 0 Å². The SMILES string of the molecule is CCN=C(NN)c1ccc(Cl)cc1Br. The molecule has 0 atom stereocenters. The maximum absolute atomic E-state index is 5.82. The molecule has 0 aliphatic rings. The Bertz CT molecular complexity index is 352. The number of amidine groups is 1. The minimum absolute atomic E-state index is 0.649. The van der Waals surface area contributed by atoms with Crippen LogP contribution < -0.4 is 11.3 Å². The Kier molecular flexibility index (Phi) is 4.38. The summed E-state index contributed by atoms with van der Waals surface area (Å²) in [5, 5.41) is 0.675. The van der Waals surface area contributed by atoms with Crippen molar-refractivity contribution in [2.45, 2.75) is 6.92 Å². The van der Waals surface area contributed by atoms with Gasteiger partial charge in [-0.05, 0) is 41.1 Å². The molecule has 1 aromatic rings. The van der Waals surface area contributed by atoms with E-state index in [-0.39, 0.29) is 0 Å². The van der Waals surface area contributed by atoms with Crippen LogP contribution in [0.3, 0.4) is 0 Å². The Labute approximate surface area is 96.5 Å². The van der Waals surface area contributed by atoms with E-state index in [2.05, 4.69) is 26.3 Å². The quantitative estimate of drug-likeness (QED) is 0.377. The second-order valence-corrected chi connectivity index (χ2v) is 3.88. The molecule has 1 rings (SSSR count). The summed E-state index contributed by atoms with van der Waals surface area (Å²) in [5.41, 5.74) is 3.46. The summed E-state index contributed by atoms with van der Waals surface area (Å²) in [4.78, 5) is 4.21. The van der Waals surface area contributed by atoms with E-state index in [0.717, 1.165) is 10.0 Å². The fourth-order valence-corrected chi connectivity index (χ4v) is 1.92. The van der Waals surface area contributed by atoms with Gasteiger partial charge in [-0.15, -0.1) is 0 Å². The van der Waals surface area contributed by atoms with Crippen molar-refractivity contribution < 1.29 is 0 Å². The average molecular weight is 277 g/mol. The number of hydrazine groups is 1. The topological polar surface area (TPSA) is 50.4 Å². The van der Waals surface area contributed by atoms with Crippen molar-refractivity contribution in [3.63, 3.8) is 0 Å². The van der Waals surface area contributed by atoms with Crippen LogP contribution in [0.2, 0.25) is 5.02 Å². The van der Waals surface area contributed by atoms with E-state index in [4.69, 9.17) is 17.4 Å². The van der Waals surface area contributed by atoms with Crippen LogP contribution in [0.15, 0.2) is 27.7 Å². The van der Waals surface area contributed by atoms with Crippen molar-refractivity contribution in [2.24, 2.45) is 10.8 Å². The summed E-state index contributed by atoms with van der Waals surface area (Å²) in [6, 6.07) is 5.46. The summed E-state index contributed by atoms with van der Waals surface area (Å²) < 4.78 is 0.871. The summed E-state index contributed by atoms with van der Waals surface area (Å²) in [5.74, 6) is 6.01. The summed E-state index contributed by atoms with van der Waals surface area (Å²) in [6.45, 7) is 2.62. The molecule has 0 aliphatic heterocycles. The van der Waals surface area contributed by atoms with Crippen molar-refractivity contribution >= 4 is 33.4 Å². The number of aliphatic imine (C=N–C) groups is 1. The standard InChI is InChI=1S/C9H11BrClN3/c1-2-13-9(14-12)7-4-3-6(11)5-8(7)10/h3-5H,2,12H2,1H3,(H,13,14). The van der Waals surface area contributed by atoms with Crippen LogP contribution >= 0.6 is 27.5 Å². The lowest BCUT2D eigenvalue weighted by molar-refractivity contribution is 0.990. The maximum atomic E-state index is 5.82. The van der Waals surface area contributed by atoms with Crippen LogP contribution in [0, 0.1) is 0 Å². The molecule has 0 heterocycles. The molecular weight excluding hydrogens is 265 g/mol. The molecule has 3 nitrogen and oxygen atoms in total. The Hall–Kier alpha value is -0.580. The molecule has 0 spiro atoms. The number of halogens is 2. The molecule has 0 saturated carbocycles. The molecule has 76 valence electrons. The number of nitrogens with two attached hydrogens (primary N) is 1. The third kappa shape index (κ3) is 2.70. The zero-order chi connectivity index (χ0) is 10.6. The van der Waals surface area contributed by atoms with E-state index < -0.39 is 0 Å². The summed E-state index contributed by atoms with van der Waals surface area (Å²) in [6.07, 6.45) is 0. The predicted molar refractivity (Wildman–Crippen MR) is 63.6 cm³/mol. The molecule has 0 fully saturated rings. The molecule has 5 heteroatoms. The smallest absolute Gasteiger partial charge is 0.143 e. The third-order valence-corrected chi connectivity index (χ3v) is 2.53. The first-order valence-electron chi connectivity index (χ1n) is 4.15.